The van der Waals surface area contributed by atoms with Crippen LogP contribution in [0, 0.1) is 0 Å². The zero-order valence-electron chi connectivity index (χ0n) is 18.6. The first kappa shape index (κ1) is 22.8. The van der Waals surface area contributed by atoms with Crippen LogP contribution in [0.1, 0.15) is 103 Å². The Bertz CT molecular complexity index is 645. The van der Waals surface area contributed by atoms with Gasteiger partial charge < -0.3 is 14.6 Å². The number of allylic oxidation sites excluding steroid dienone is 2. The molecule has 0 saturated carbocycles. The zero-order chi connectivity index (χ0) is 20.6. The lowest BCUT2D eigenvalue weighted by atomic mass is 9.78. The molecule has 0 aromatic heterocycles. The Morgan fingerprint density at radius 3 is 2.61 bits per heavy atom. The van der Waals surface area contributed by atoms with Crippen molar-refractivity contribution in [1.82, 2.24) is 0 Å². The molecule has 0 fully saturated rings. The predicted molar refractivity (Wildman–Crippen MR) is 117 cm³/mol. The summed E-state index contributed by atoms with van der Waals surface area (Å²) in [6.07, 6.45) is 11.8. The Kier molecular flexibility index (Phi) is 8.88. The molecule has 0 radical (unpaired) electrons. The van der Waals surface area contributed by atoms with Gasteiger partial charge in [0.15, 0.2) is 6.79 Å². The van der Waals surface area contributed by atoms with Gasteiger partial charge in [-0.2, -0.15) is 0 Å². The van der Waals surface area contributed by atoms with E-state index in [4.69, 9.17) is 9.47 Å². The first-order valence-corrected chi connectivity index (χ1v) is 11.1. The minimum Gasteiger partial charge on any atom is -0.507 e. The van der Waals surface area contributed by atoms with Crippen LogP contribution in [0.15, 0.2) is 23.8 Å². The average molecular weight is 389 g/mol. The Labute approximate surface area is 172 Å². The highest BCUT2D eigenvalue weighted by atomic mass is 16.7. The lowest BCUT2D eigenvalue weighted by Crippen LogP contribution is -2.18. The van der Waals surface area contributed by atoms with E-state index in [-0.39, 0.29) is 18.1 Å². The van der Waals surface area contributed by atoms with E-state index in [0.29, 0.717) is 12.4 Å². The normalized spacial score (nSPS) is 17.5. The van der Waals surface area contributed by atoms with Crippen LogP contribution in [0.4, 0.5) is 0 Å². The third kappa shape index (κ3) is 6.27. The van der Waals surface area contributed by atoms with Gasteiger partial charge in [-0.1, -0.05) is 58.1 Å². The van der Waals surface area contributed by atoms with Crippen molar-refractivity contribution in [3.8, 4) is 11.5 Å². The van der Waals surface area contributed by atoms with Crippen LogP contribution < -0.4 is 4.74 Å². The van der Waals surface area contributed by atoms with Crippen LogP contribution >= 0.6 is 0 Å². The second-order valence-corrected chi connectivity index (χ2v) is 8.87. The lowest BCUT2D eigenvalue weighted by Gasteiger charge is -2.29. The predicted octanol–water partition coefficient (Wildman–Crippen LogP) is 7.23. The SMILES string of the molecule is CCCCCCC(C)(C)c1cc(O)c(C2C=C(C)CCC2)c(OCOCC)c1. The summed E-state index contributed by atoms with van der Waals surface area (Å²) in [6.45, 7) is 11.8. The fourth-order valence-electron chi connectivity index (χ4n) is 4.16. The van der Waals surface area contributed by atoms with E-state index in [9.17, 15) is 5.11 Å². The first-order chi connectivity index (χ1) is 13.4. The molecule has 1 aromatic carbocycles. The van der Waals surface area contributed by atoms with Crippen molar-refractivity contribution >= 4 is 0 Å². The number of hydrogen-bond donors (Lipinski definition) is 1. The monoisotopic (exact) mass is 388 g/mol. The van der Waals surface area contributed by atoms with Crippen LogP contribution in [-0.2, 0) is 10.2 Å². The molecule has 158 valence electrons. The second kappa shape index (κ2) is 10.9. The van der Waals surface area contributed by atoms with Crippen LogP contribution in [0.2, 0.25) is 0 Å². The Balaban J connectivity index is 2.32. The van der Waals surface area contributed by atoms with Gasteiger partial charge in [-0.15, -0.1) is 0 Å². The van der Waals surface area contributed by atoms with Gasteiger partial charge in [0.1, 0.15) is 11.5 Å². The number of aromatic hydroxyl groups is 1. The van der Waals surface area contributed by atoms with Crippen LogP contribution in [0.25, 0.3) is 0 Å². The molecule has 0 spiro atoms. The molecular weight excluding hydrogens is 348 g/mol. The van der Waals surface area contributed by atoms with Gasteiger partial charge in [0.2, 0.25) is 0 Å². The molecule has 28 heavy (non-hydrogen) atoms. The summed E-state index contributed by atoms with van der Waals surface area (Å²) in [5, 5.41) is 11.0. The highest BCUT2D eigenvalue weighted by molar-refractivity contribution is 5.52. The molecule has 0 amide bonds. The standard InChI is InChI=1S/C25H40O3/c1-6-8-9-10-14-25(4,5)21-16-22(26)24(20-13-11-12-19(3)15-20)23(17-21)28-18-27-7-2/h15-17,20,26H,6-14,18H2,1-5H3. The molecule has 3 nitrogen and oxygen atoms in total. The Morgan fingerprint density at radius 2 is 1.93 bits per heavy atom. The van der Waals surface area contributed by atoms with Crippen LogP contribution in [-0.4, -0.2) is 18.5 Å². The van der Waals surface area contributed by atoms with E-state index in [2.05, 4.69) is 39.8 Å². The average Bonchev–Trinajstić information content (AvgIpc) is 2.65. The summed E-state index contributed by atoms with van der Waals surface area (Å²) < 4.78 is 11.5. The van der Waals surface area contributed by atoms with Crippen molar-refractivity contribution in [3.63, 3.8) is 0 Å². The third-order valence-electron chi connectivity index (χ3n) is 6.00. The van der Waals surface area contributed by atoms with Crippen LogP contribution in [0.5, 0.6) is 11.5 Å². The van der Waals surface area contributed by atoms with E-state index in [1.54, 1.807) is 0 Å². The fraction of sp³-hybridized carbons (Fsp3) is 0.680. The molecule has 0 heterocycles. The molecule has 0 saturated heterocycles. The van der Waals surface area contributed by atoms with Gasteiger partial charge in [0.05, 0.1) is 0 Å². The van der Waals surface area contributed by atoms with Crippen LogP contribution in [0.3, 0.4) is 0 Å². The van der Waals surface area contributed by atoms with Gasteiger partial charge in [-0.3, -0.25) is 0 Å². The van der Waals surface area contributed by atoms with E-state index < -0.39 is 0 Å². The number of rotatable bonds is 11. The summed E-state index contributed by atoms with van der Waals surface area (Å²) >= 11 is 0. The van der Waals surface area contributed by atoms with E-state index in [1.165, 1.54) is 31.3 Å². The molecule has 1 aromatic rings. The van der Waals surface area contributed by atoms with Crippen molar-refractivity contribution in [3.05, 3.63) is 34.9 Å². The molecule has 1 aliphatic carbocycles. The van der Waals surface area contributed by atoms with E-state index >= 15 is 0 Å². The molecule has 1 atom stereocenters. The number of phenolic OH excluding ortho intramolecular Hbond substituents is 1. The maximum atomic E-state index is 11.0. The van der Waals surface area contributed by atoms with Gasteiger partial charge in [0, 0.05) is 18.1 Å². The molecule has 2 rings (SSSR count). The van der Waals surface area contributed by atoms with Crippen molar-refractivity contribution < 1.29 is 14.6 Å². The minimum atomic E-state index is 0.00575. The van der Waals surface area contributed by atoms with Gasteiger partial charge in [0.25, 0.3) is 0 Å². The van der Waals surface area contributed by atoms with Gasteiger partial charge in [-0.25, -0.2) is 0 Å². The molecule has 3 heteroatoms. The highest BCUT2D eigenvalue weighted by Gasteiger charge is 2.27. The number of hydrogen-bond acceptors (Lipinski definition) is 3. The quantitative estimate of drug-likeness (QED) is 0.247. The first-order valence-electron chi connectivity index (χ1n) is 11.1. The third-order valence-corrected chi connectivity index (χ3v) is 6.00. The molecule has 0 aliphatic heterocycles. The largest absolute Gasteiger partial charge is 0.507 e. The minimum absolute atomic E-state index is 0.00575. The fourth-order valence-corrected chi connectivity index (χ4v) is 4.16. The molecule has 1 unspecified atom stereocenters. The molecule has 0 bridgehead atoms. The maximum absolute atomic E-state index is 11.0. The van der Waals surface area contributed by atoms with Gasteiger partial charge in [-0.05, 0) is 62.6 Å². The summed E-state index contributed by atoms with van der Waals surface area (Å²) in [5.41, 5.74) is 3.47. The Morgan fingerprint density at radius 1 is 1.14 bits per heavy atom. The number of unbranched alkanes of at least 4 members (excludes halogenated alkanes) is 3. The van der Waals surface area contributed by atoms with Crippen molar-refractivity contribution in [1.29, 1.82) is 0 Å². The second-order valence-electron chi connectivity index (χ2n) is 8.87. The zero-order valence-corrected chi connectivity index (χ0v) is 18.6. The summed E-state index contributed by atoms with van der Waals surface area (Å²) in [6, 6.07) is 4.12. The summed E-state index contributed by atoms with van der Waals surface area (Å²) in [7, 11) is 0. The molecule has 1 aliphatic rings. The van der Waals surface area contributed by atoms with Crippen molar-refractivity contribution in [2.45, 2.75) is 97.3 Å². The smallest absolute Gasteiger partial charge is 0.189 e. The highest BCUT2D eigenvalue weighted by Crippen LogP contribution is 2.44. The van der Waals surface area contributed by atoms with E-state index in [1.807, 2.05) is 13.0 Å². The van der Waals surface area contributed by atoms with E-state index in [0.717, 1.165) is 42.6 Å². The lowest BCUT2D eigenvalue weighted by molar-refractivity contribution is 0.0215. The summed E-state index contributed by atoms with van der Waals surface area (Å²) in [5.74, 6) is 1.36. The Hall–Kier alpha value is -1.48. The number of phenols is 1. The van der Waals surface area contributed by atoms with Gasteiger partial charge >= 0.3 is 0 Å². The maximum Gasteiger partial charge on any atom is 0.189 e. The van der Waals surface area contributed by atoms with Crippen molar-refractivity contribution in [2.24, 2.45) is 0 Å². The summed E-state index contributed by atoms with van der Waals surface area (Å²) in [4.78, 5) is 0. The number of ether oxygens (including phenoxy) is 2. The topological polar surface area (TPSA) is 38.7 Å². The number of benzene rings is 1. The molecular formula is C25H40O3. The molecule has 1 N–H and O–H groups in total. The van der Waals surface area contributed by atoms with Crippen molar-refractivity contribution in [2.75, 3.05) is 13.4 Å².